The highest BCUT2D eigenvalue weighted by molar-refractivity contribution is 5.95. The van der Waals surface area contributed by atoms with Gasteiger partial charge >= 0.3 is 0 Å². The first-order chi connectivity index (χ1) is 16.1. The van der Waals surface area contributed by atoms with Crippen molar-refractivity contribution in [2.24, 2.45) is 0 Å². The van der Waals surface area contributed by atoms with Gasteiger partial charge in [-0.05, 0) is 60.9 Å². The second-order valence-corrected chi connectivity index (χ2v) is 7.79. The summed E-state index contributed by atoms with van der Waals surface area (Å²) in [6.07, 6.45) is 0.701. The van der Waals surface area contributed by atoms with Crippen molar-refractivity contribution in [1.29, 1.82) is 0 Å². The number of methoxy groups -OCH3 is 2. The molecule has 0 unspecified atom stereocenters. The van der Waals surface area contributed by atoms with Crippen LogP contribution in [-0.2, 0) is 13.0 Å². The van der Waals surface area contributed by atoms with Gasteiger partial charge in [0.2, 0.25) is 0 Å². The van der Waals surface area contributed by atoms with E-state index < -0.39 is 0 Å². The minimum absolute atomic E-state index is 0.152. The number of carbonyl (C=O) groups is 1. The van der Waals surface area contributed by atoms with E-state index in [1.54, 1.807) is 32.4 Å². The average molecular weight is 445 g/mol. The molecule has 0 fully saturated rings. The summed E-state index contributed by atoms with van der Waals surface area (Å²) in [6, 6.07) is 21.3. The number of aromatic nitrogens is 1. The monoisotopic (exact) mass is 444 g/mol. The molecule has 1 aromatic heterocycles. The van der Waals surface area contributed by atoms with Crippen LogP contribution in [-0.4, -0.2) is 31.7 Å². The van der Waals surface area contributed by atoms with Gasteiger partial charge in [0.15, 0.2) is 11.5 Å². The summed E-state index contributed by atoms with van der Waals surface area (Å²) >= 11 is 0. The summed E-state index contributed by atoms with van der Waals surface area (Å²) in [7, 11) is 3.12. The van der Waals surface area contributed by atoms with E-state index in [9.17, 15) is 4.79 Å². The summed E-state index contributed by atoms with van der Waals surface area (Å²) in [4.78, 5) is 16.1. The molecule has 0 saturated heterocycles. The summed E-state index contributed by atoms with van der Waals surface area (Å²) in [5.74, 6) is 1.79. The van der Waals surface area contributed by atoms with Crippen molar-refractivity contribution in [3.63, 3.8) is 0 Å². The van der Waals surface area contributed by atoms with Crippen molar-refractivity contribution >= 4 is 16.8 Å². The van der Waals surface area contributed by atoms with Crippen LogP contribution in [0.2, 0.25) is 0 Å². The van der Waals surface area contributed by atoms with Gasteiger partial charge in [0, 0.05) is 28.7 Å². The topological polar surface area (TPSA) is 72.6 Å². The maximum Gasteiger partial charge on any atom is 0.251 e. The number of amides is 1. The van der Waals surface area contributed by atoms with Crippen LogP contribution in [0.4, 0.5) is 0 Å². The van der Waals surface area contributed by atoms with Crippen molar-refractivity contribution in [2.75, 3.05) is 20.8 Å². The average Bonchev–Trinajstić information content (AvgIpc) is 3.17. The van der Waals surface area contributed by atoms with Crippen molar-refractivity contribution in [1.82, 2.24) is 10.3 Å². The van der Waals surface area contributed by atoms with Crippen LogP contribution >= 0.6 is 0 Å². The maximum atomic E-state index is 12.6. The molecule has 0 radical (unpaired) electrons. The Hall–Kier alpha value is -3.93. The number of benzene rings is 3. The van der Waals surface area contributed by atoms with Crippen LogP contribution in [0.1, 0.15) is 27.2 Å². The van der Waals surface area contributed by atoms with Gasteiger partial charge < -0.3 is 24.5 Å². The number of fused-ring (bicyclic) bond motifs is 1. The minimum Gasteiger partial charge on any atom is -0.493 e. The highest BCUT2D eigenvalue weighted by atomic mass is 16.5. The Balaban J connectivity index is 1.42. The van der Waals surface area contributed by atoms with Gasteiger partial charge in [-0.2, -0.15) is 0 Å². The molecular formula is C27H28N2O4. The summed E-state index contributed by atoms with van der Waals surface area (Å²) in [5, 5.41) is 4.11. The molecule has 1 heterocycles. The van der Waals surface area contributed by atoms with Crippen molar-refractivity contribution in [3.05, 3.63) is 89.1 Å². The highest BCUT2D eigenvalue weighted by Gasteiger charge is 2.13. The van der Waals surface area contributed by atoms with E-state index in [2.05, 4.69) is 23.3 Å². The smallest absolute Gasteiger partial charge is 0.251 e. The van der Waals surface area contributed by atoms with Crippen LogP contribution in [0.5, 0.6) is 17.2 Å². The third kappa shape index (κ3) is 5.12. The van der Waals surface area contributed by atoms with Crippen LogP contribution in [0.15, 0.2) is 66.7 Å². The first-order valence-corrected chi connectivity index (χ1v) is 10.9. The maximum absolute atomic E-state index is 12.6. The molecule has 0 atom stereocenters. The Morgan fingerprint density at radius 1 is 0.939 bits per heavy atom. The highest BCUT2D eigenvalue weighted by Crippen LogP contribution is 2.28. The fourth-order valence-electron chi connectivity index (χ4n) is 3.89. The number of hydrogen-bond acceptors (Lipinski definition) is 4. The predicted molar refractivity (Wildman–Crippen MR) is 129 cm³/mol. The molecule has 2 N–H and O–H groups in total. The van der Waals surface area contributed by atoms with Gasteiger partial charge in [-0.1, -0.05) is 30.3 Å². The number of H-pyrrole nitrogens is 1. The van der Waals surface area contributed by atoms with Gasteiger partial charge in [-0.3, -0.25) is 4.79 Å². The number of hydrogen-bond donors (Lipinski definition) is 2. The molecule has 1 amide bonds. The molecule has 0 bridgehead atoms. The molecule has 0 aliphatic carbocycles. The van der Waals surface area contributed by atoms with E-state index in [1.807, 2.05) is 42.5 Å². The number of ether oxygens (including phenoxy) is 3. The Morgan fingerprint density at radius 3 is 2.48 bits per heavy atom. The fourth-order valence-corrected chi connectivity index (χ4v) is 3.89. The lowest BCUT2D eigenvalue weighted by Gasteiger charge is -2.10. The molecule has 3 aromatic carbocycles. The minimum atomic E-state index is -0.152. The molecule has 6 heteroatoms. The zero-order valence-electron chi connectivity index (χ0n) is 19.1. The molecule has 0 aliphatic heterocycles. The molecule has 33 heavy (non-hydrogen) atoms. The summed E-state index contributed by atoms with van der Waals surface area (Å²) < 4.78 is 16.5. The number of carbonyl (C=O) groups excluding carboxylic acids is 1. The first kappa shape index (κ1) is 22.3. The Kier molecular flexibility index (Phi) is 6.83. The SMILES string of the molecule is COc1ccc(C(=O)NCCc2c(C)[nH]c3ccc(OCc4ccccc4)cc23)cc1OC. The number of aryl methyl sites for hydroxylation is 1. The largest absolute Gasteiger partial charge is 0.493 e. The molecule has 0 saturated carbocycles. The molecule has 6 nitrogen and oxygen atoms in total. The van der Waals surface area contributed by atoms with Gasteiger partial charge in [0.1, 0.15) is 12.4 Å². The Labute approximate surface area is 193 Å². The fraction of sp³-hybridized carbons (Fsp3) is 0.222. The molecule has 0 spiro atoms. The lowest BCUT2D eigenvalue weighted by Crippen LogP contribution is -2.25. The molecule has 4 aromatic rings. The quantitative estimate of drug-likeness (QED) is 0.379. The second kappa shape index (κ2) is 10.1. The third-order valence-corrected chi connectivity index (χ3v) is 5.65. The van der Waals surface area contributed by atoms with Crippen LogP contribution in [0.25, 0.3) is 10.9 Å². The first-order valence-electron chi connectivity index (χ1n) is 10.9. The number of rotatable bonds is 9. The van der Waals surface area contributed by atoms with E-state index in [1.165, 1.54) is 5.56 Å². The van der Waals surface area contributed by atoms with E-state index >= 15 is 0 Å². The standard InChI is InChI=1S/C27H28N2O4/c1-18-22(13-14-28-27(30)20-9-12-25(31-2)26(15-20)32-3)23-16-21(10-11-24(23)29-18)33-17-19-7-5-4-6-8-19/h4-12,15-16,29H,13-14,17H2,1-3H3,(H,28,30). The molecular weight excluding hydrogens is 416 g/mol. The van der Waals surface area contributed by atoms with E-state index in [-0.39, 0.29) is 5.91 Å². The Bertz CT molecular complexity index is 1250. The number of aromatic amines is 1. The Morgan fingerprint density at radius 2 is 1.73 bits per heavy atom. The van der Waals surface area contributed by atoms with Crippen molar-refractivity contribution in [2.45, 2.75) is 20.0 Å². The van der Waals surface area contributed by atoms with Gasteiger partial charge in [-0.25, -0.2) is 0 Å². The van der Waals surface area contributed by atoms with Crippen LogP contribution in [0.3, 0.4) is 0 Å². The van der Waals surface area contributed by atoms with E-state index in [4.69, 9.17) is 14.2 Å². The van der Waals surface area contributed by atoms with Crippen LogP contribution < -0.4 is 19.5 Å². The molecule has 0 aliphatic rings. The zero-order valence-corrected chi connectivity index (χ0v) is 19.1. The van der Waals surface area contributed by atoms with Gasteiger partial charge in [0.25, 0.3) is 5.91 Å². The van der Waals surface area contributed by atoms with Crippen LogP contribution in [0, 0.1) is 6.92 Å². The number of nitrogens with one attached hydrogen (secondary N) is 2. The predicted octanol–water partition coefficient (Wildman–Crippen LogP) is 5.05. The lowest BCUT2D eigenvalue weighted by molar-refractivity contribution is 0.0953. The summed E-state index contributed by atoms with van der Waals surface area (Å²) in [6.45, 7) is 3.08. The second-order valence-electron chi connectivity index (χ2n) is 7.79. The zero-order chi connectivity index (χ0) is 23.2. The van der Waals surface area contributed by atoms with E-state index in [0.717, 1.165) is 27.9 Å². The van der Waals surface area contributed by atoms with Crippen molar-refractivity contribution in [3.8, 4) is 17.2 Å². The van der Waals surface area contributed by atoms with Gasteiger partial charge in [0.05, 0.1) is 14.2 Å². The van der Waals surface area contributed by atoms with E-state index in [0.29, 0.717) is 36.6 Å². The lowest BCUT2D eigenvalue weighted by atomic mass is 10.1. The molecule has 4 rings (SSSR count). The normalized spacial score (nSPS) is 10.8. The third-order valence-electron chi connectivity index (χ3n) is 5.65. The van der Waals surface area contributed by atoms with Crippen molar-refractivity contribution < 1.29 is 19.0 Å². The molecule has 170 valence electrons. The van der Waals surface area contributed by atoms with Gasteiger partial charge in [-0.15, -0.1) is 0 Å². The summed E-state index contributed by atoms with van der Waals surface area (Å²) in [5.41, 5.74) is 4.97.